The third kappa shape index (κ3) is 3.49. The van der Waals surface area contributed by atoms with Gasteiger partial charge in [-0.3, -0.25) is 4.99 Å². The van der Waals surface area contributed by atoms with E-state index in [-0.39, 0.29) is 5.84 Å². The summed E-state index contributed by atoms with van der Waals surface area (Å²) < 4.78 is -1.61. The normalized spacial score (nSPS) is 12.6. The number of amidine groups is 1. The third-order valence-electron chi connectivity index (χ3n) is 0.617. The maximum Gasteiger partial charge on any atom is 0.250 e. The van der Waals surface area contributed by atoms with Gasteiger partial charge in [-0.2, -0.15) is 4.99 Å². The summed E-state index contributed by atoms with van der Waals surface area (Å²) in [5, 5.41) is 2.05. The number of nitrogens with zero attached hydrogens (tertiary/aromatic N) is 2. The third-order valence-corrected chi connectivity index (χ3v) is 1.22. The van der Waals surface area contributed by atoms with E-state index in [4.69, 9.17) is 34.8 Å². The van der Waals surface area contributed by atoms with Crippen LogP contribution in [-0.2, 0) is 0 Å². The molecular formula is C4H3Cl3N2S. The molecule has 0 aliphatic rings. The minimum atomic E-state index is -1.61. The van der Waals surface area contributed by atoms with Gasteiger partial charge in [-0.1, -0.05) is 34.8 Å². The van der Waals surface area contributed by atoms with E-state index in [9.17, 15) is 0 Å². The number of hydrogen-bond acceptors (Lipinski definition) is 2. The molecule has 6 heteroatoms. The van der Waals surface area contributed by atoms with Crippen LogP contribution in [0.25, 0.3) is 0 Å². The van der Waals surface area contributed by atoms with Crippen molar-refractivity contribution in [1.82, 2.24) is 0 Å². The first-order valence-corrected chi connectivity index (χ1v) is 3.68. The lowest BCUT2D eigenvalue weighted by Gasteiger charge is -2.06. The number of halogens is 3. The molecule has 0 aromatic rings. The Morgan fingerprint density at radius 3 is 2.10 bits per heavy atom. The summed E-state index contributed by atoms with van der Waals surface area (Å²) in [7, 11) is 1.45. The van der Waals surface area contributed by atoms with Crippen molar-refractivity contribution in [2.24, 2.45) is 9.98 Å². The molecular weight excluding hydrogens is 214 g/mol. The molecule has 0 saturated carbocycles. The molecule has 0 aromatic heterocycles. The van der Waals surface area contributed by atoms with Crippen LogP contribution in [0.2, 0.25) is 0 Å². The second-order valence-electron chi connectivity index (χ2n) is 1.25. The molecule has 10 heavy (non-hydrogen) atoms. The lowest BCUT2D eigenvalue weighted by atomic mass is 10.7. The van der Waals surface area contributed by atoms with Crippen LogP contribution < -0.4 is 0 Å². The maximum absolute atomic E-state index is 5.40. The summed E-state index contributed by atoms with van der Waals surface area (Å²) in [6.07, 6.45) is 0. The Balaban J connectivity index is 4.55. The van der Waals surface area contributed by atoms with Gasteiger partial charge in [0, 0.05) is 7.05 Å². The fourth-order valence-electron chi connectivity index (χ4n) is 0.283. The SMILES string of the molecule is CN=C(N=C=S)C(Cl)(Cl)Cl. The van der Waals surface area contributed by atoms with E-state index in [2.05, 4.69) is 22.2 Å². The number of thiocarbonyl (C=S) groups is 1. The zero-order valence-electron chi connectivity index (χ0n) is 4.94. The van der Waals surface area contributed by atoms with Crippen molar-refractivity contribution >= 4 is 58.0 Å². The average molecular weight is 218 g/mol. The van der Waals surface area contributed by atoms with Gasteiger partial charge in [-0.05, 0) is 12.2 Å². The lowest BCUT2D eigenvalue weighted by Crippen LogP contribution is -2.15. The van der Waals surface area contributed by atoms with Crippen LogP contribution in [0, 0.1) is 0 Å². The molecule has 0 N–H and O–H groups in total. The van der Waals surface area contributed by atoms with E-state index in [1.165, 1.54) is 7.05 Å². The molecule has 0 spiro atoms. The Bertz CT molecular complexity index is 189. The van der Waals surface area contributed by atoms with Crippen molar-refractivity contribution in [1.29, 1.82) is 0 Å². The smallest absolute Gasteiger partial charge is 0.250 e. The topological polar surface area (TPSA) is 24.7 Å². The highest BCUT2D eigenvalue weighted by Gasteiger charge is 2.26. The monoisotopic (exact) mass is 216 g/mol. The van der Waals surface area contributed by atoms with Gasteiger partial charge in [-0.15, -0.1) is 0 Å². The quantitative estimate of drug-likeness (QED) is 0.265. The van der Waals surface area contributed by atoms with Gasteiger partial charge in [0.2, 0.25) is 0 Å². The Morgan fingerprint density at radius 1 is 1.50 bits per heavy atom. The predicted octanol–water partition coefficient (Wildman–Crippen LogP) is 2.49. The molecule has 0 atom stereocenters. The Labute approximate surface area is 78.9 Å². The molecule has 0 amide bonds. The number of hydrogen-bond donors (Lipinski definition) is 0. The molecule has 0 heterocycles. The van der Waals surface area contributed by atoms with Crippen LogP contribution in [-0.4, -0.2) is 21.8 Å². The first-order valence-electron chi connectivity index (χ1n) is 2.14. The molecule has 2 nitrogen and oxygen atoms in total. The molecule has 0 bridgehead atoms. The zero-order chi connectivity index (χ0) is 8.20. The van der Waals surface area contributed by atoms with Crippen molar-refractivity contribution in [2.75, 3.05) is 7.05 Å². The molecule has 0 rings (SSSR count). The Kier molecular flexibility index (Phi) is 4.41. The fourth-order valence-corrected chi connectivity index (χ4v) is 0.750. The average Bonchev–Trinajstić information content (AvgIpc) is 1.80. The van der Waals surface area contributed by atoms with Crippen LogP contribution in [0.15, 0.2) is 9.98 Å². The van der Waals surface area contributed by atoms with Crippen LogP contribution in [0.4, 0.5) is 0 Å². The van der Waals surface area contributed by atoms with Gasteiger partial charge >= 0.3 is 0 Å². The second kappa shape index (κ2) is 4.27. The molecule has 0 unspecified atom stereocenters. The first kappa shape index (κ1) is 10.3. The lowest BCUT2D eigenvalue weighted by molar-refractivity contribution is 1.33. The molecule has 0 radical (unpaired) electrons. The minimum Gasteiger partial charge on any atom is -0.269 e. The summed E-state index contributed by atoms with van der Waals surface area (Å²) in [4.78, 5) is 7.01. The van der Waals surface area contributed by atoms with Crippen molar-refractivity contribution in [3.8, 4) is 0 Å². The number of alkyl halides is 3. The van der Waals surface area contributed by atoms with E-state index in [0.717, 1.165) is 0 Å². The van der Waals surface area contributed by atoms with Crippen molar-refractivity contribution in [2.45, 2.75) is 3.79 Å². The Hall–Kier alpha value is 0.340. The van der Waals surface area contributed by atoms with Crippen LogP contribution in [0.5, 0.6) is 0 Å². The molecule has 0 saturated heterocycles. The summed E-state index contributed by atoms with van der Waals surface area (Å²) in [5.74, 6) is 0.0347. The zero-order valence-corrected chi connectivity index (χ0v) is 8.02. The second-order valence-corrected chi connectivity index (χ2v) is 3.71. The summed E-state index contributed by atoms with van der Waals surface area (Å²) in [5.41, 5.74) is 0. The highest BCUT2D eigenvalue weighted by Crippen LogP contribution is 2.28. The largest absolute Gasteiger partial charge is 0.269 e. The van der Waals surface area contributed by atoms with Crippen molar-refractivity contribution < 1.29 is 0 Å². The van der Waals surface area contributed by atoms with E-state index in [1.54, 1.807) is 0 Å². The summed E-state index contributed by atoms with van der Waals surface area (Å²) >= 11 is 20.5. The predicted molar refractivity (Wildman–Crippen MR) is 48.7 cm³/mol. The van der Waals surface area contributed by atoms with E-state index >= 15 is 0 Å². The standard InChI is InChI=1S/C4H3Cl3N2S/c1-8-3(9-2-10)4(5,6)7/h1H3. The number of isothiocyanates is 1. The van der Waals surface area contributed by atoms with Crippen molar-refractivity contribution in [3.05, 3.63) is 0 Å². The first-order chi connectivity index (χ1) is 4.52. The van der Waals surface area contributed by atoms with Gasteiger partial charge in [0.25, 0.3) is 3.79 Å². The molecule has 0 aliphatic heterocycles. The molecule has 56 valence electrons. The van der Waals surface area contributed by atoms with Crippen LogP contribution in [0.1, 0.15) is 0 Å². The van der Waals surface area contributed by atoms with Gasteiger partial charge in [0.15, 0.2) is 5.84 Å². The summed E-state index contributed by atoms with van der Waals surface area (Å²) in [6.45, 7) is 0. The molecule has 0 aliphatic carbocycles. The van der Waals surface area contributed by atoms with E-state index in [1.807, 2.05) is 5.16 Å². The highest BCUT2D eigenvalue weighted by atomic mass is 35.6. The van der Waals surface area contributed by atoms with Crippen molar-refractivity contribution in [3.63, 3.8) is 0 Å². The minimum absolute atomic E-state index is 0.0347. The highest BCUT2D eigenvalue weighted by molar-refractivity contribution is 7.78. The van der Waals surface area contributed by atoms with Gasteiger partial charge in [0.1, 0.15) is 0 Å². The van der Waals surface area contributed by atoms with Gasteiger partial charge < -0.3 is 0 Å². The van der Waals surface area contributed by atoms with E-state index < -0.39 is 3.79 Å². The van der Waals surface area contributed by atoms with E-state index in [0.29, 0.717) is 0 Å². The number of aliphatic imine (C=N–C) groups is 2. The maximum atomic E-state index is 5.40. The fraction of sp³-hybridized carbons (Fsp3) is 0.500. The van der Waals surface area contributed by atoms with Gasteiger partial charge in [-0.25, -0.2) is 0 Å². The summed E-state index contributed by atoms with van der Waals surface area (Å²) in [6, 6.07) is 0. The van der Waals surface area contributed by atoms with Gasteiger partial charge in [0.05, 0.1) is 5.16 Å². The molecule has 0 aromatic carbocycles. The number of rotatable bonds is 0. The van der Waals surface area contributed by atoms with Crippen LogP contribution in [0.3, 0.4) is 0 Å². The Morgan fingerprint density at radius 2 is 2.00 bits per heavy atom. The van der Waals surface area contributed by atoms with Crippen LogP contribution >= 0.6 is 47.0 Å². The molecule has 0 fully saturated rings.